The van der Waals surface area contributed by atoms with E-state index in [4.69, 9.17) is 15.0 Å². The van der Waals surface area contributed by atoms with Gasteiger partial charge >= 0.3 is 0 Å². The molecule has 0 fully saturated rings. The fourth-order valence-corrected chi connectivity index (χ4v) is 6.45. The van der Waals surface area contributed by atoms with Crippen LogP contribution in [0.5, 0.6) is 0 Å². The number of rotatable bonds is 5. The van der Waals surface area contributed by atoms with Crippen molar-refractivity contribution >= 4 is 21.5 Å². The van der Waals surface area contributed by atoms with E-state index < -0.39 is 0 Å². The van der Waals surface area contributed by atoms with Gasteiger partial charge in [-0.1, -0.05) is 139 Å². The summed E-state index contributed by atoms with van der Waals surface area (Å²) in [6, 6.07) is 53.4. The Bertz CT molecular complexity index is 2300. The Labute approximate surface area is 268 Å². The molecular formula is C43H31N3. The van der Waals surface area contributed by atoms with Crippen LogP contribution in [0.4, 0.5) is 0 Å². The zero-order chi connectivity index (χ0) is 31.0. The minimum atomic E-state index is 0.644. The Morgan fingerprint density at radius 3 is 1.41 bits per heavy atom. The van der Waals surface area contributed by atoms with Gasteiger partial charge in [0.1, 0.15) is 0 Å². The number of aryl methyl sites for hydroxylation is 2. The van der Waals surface area contributed by atoms with E-state index in [2.05, 4.69) is 105 Å². The molecule has 0 spiro atoms. The molecule has 0 aliphatic rings. The van der Waals surface area contributed by atoms with Crippen molar-refractivity contribution in [3.63, 3.8) is 0 Å². The van der Waals surface area contributed by atoms with Crippen molar-refractivity contribution < 1.29 is 0 Å². The standard InChI is InChI=1S/C43H31N3/c1-28-21-29(2)23-33(22-28)34-24-35(40-27-32-17-9-10-18-37(32)38-19-11-12-20-39(38)40)26-36(25-34)43-45-41(30-13-5-3-6-14-30)44-42(46-43)31-15-7-4-8-16-31/h3-27H,1-2H3. The maximum atomic E-state index is 5.09. The van der Waals surface area contributed by atoms with Gasteiger partial charge in [0.2, 0.25) is 0 Å². The van der Waals surface area contributed by atoms with Crippen LogP contribution in [0.15, 0.2) is 152 Å². The van der Waals surface area contributed by atoms with Crippen molar-refractivity contribution in [2.75, 3.05) is 0 Å². The van der Waals surface area contributed by atoms with Crippen LogP contribution in [0.25, 0.3) is 78.0 Å². The van der Waals surface area contributed by atoms with E-state index in [1.54, 1.807) is 0 Å². The average molecular weight is 590 g/mol. The third kappa shape index (κ3) is 5.22. The lowest BCUT2D eigenvalue weighted by Crippen LogP contribution is -2.00. The molecule has 3 nitrogen and oxygen atoms in total. The van der Waals surface area contributed by atoms with Crippen molar-refractivity contribution in [2.24, 2.45) is 0 Å². The molecule has 0 atom stereocenters. The third-order valence-corrected chi connectivity index (χ3v) is 8.52. The van der Waals surface area contributed by atoms with E-state index in [9.17, 15) is 0 Å². The van der Waals surface area contributed by atoms with Gasteiger partial charge < -0.3 is 0 Å². The van der Waals surface area contributed by atoms with Gasteiger partial charge in [0.05, 0.1) is 0 Å². The fourth-order valence-electron chi connectivity index (χ4n) is 6.45. The molecule has 0 amide bonds. The van der Waals surface area contributed by atoms with Gasteiger partial charge in [-0.2, -0.15) is 0 Å². The van der Waals surface area contributed by atoms with Crippen molar-refractivity contribution in [3.8, 4) is 56.4 Å². The molecule has 0 aliphatic carbocycles. The lowest BCUT2D eigenvalue weighted by molar-refractivity contribution is 1.07. The van der Waals surface area contributed by atoms with Crippen LogP contribution >= 0.6 is 0 Å². The number of aromatic nitrogens is 3. The minimum Gasteiger partial charge on any atom is -0.208 e. The van der Waals surface area contributed by atoms with E-state index in [0.717, 1.165) is 27.8 Å². The molecule has 3 heteroatoms. The Hall–Kier alpha value is -5.93. The van der Waals surface area contributed by atoms with Crippen molar-refractivity contribution in [2.45, 2.75) is 13.8 Å². The van der Waals surface area contributed by atoms with Gasteiger partial charge in [0.25, 0.3) is 0 Å². The maximum absolute atomic E-state index is 5.09. The van der Waals surface area contributed by atoms with Crippen LogP contribution in [-0.4, -0.2) is 15.0 Å². The SMILES string of the molecule is Cc1cc(C)cc(-c2cc(-c3nc(-c4ccccc4)nc(-c4ccccc4)n3)cc(-c3cc4ccccc4c4ccccc34)c2)c1. The third-order valence-electron chi connectivity index (χ3n) is 8.52. The van der Waals surface area contributed by atoms with Crippen LogP contribution in [0.3, 0.4) is 0 Å². The first kappa shape index (κ1) is 27.6. The van der Waals surface area contributed by atoms with Gasteiger partial charge in [0.15, 0.2) is 17.5 Å². The highest BCUT2D eigenvalue weighted by Crippen LogP contribution is 2.39. The molecule has 0 saturated carbocycles. The molecule has 1 aromatic heterocycles. The number of fused-ring (bicyclic) bond motifs is 3. The first-order valence-corrected chi connectivity index (χ1v) is 15.6. The van der Waals surface area contributed by atoms with E-state index in [-0.39, 0.29) is 0 Å². The summed E-state index contributed by atoms with van der Waals surface area (Å²) in [7, 11) is 0. The molecule has 0 bridgehead atoms. The predicted molar refractivity (Wildman–Crippen MR) is 191 cm³/mol. The highest BCUT2D eigenvalue weighted by Gasteiger charge is 2.16. The summed E-state index contributed by atoms with van der Waals surface area (Å²) in [4.78, 5) is 15.1. The summed E-state index contributed by atoms with van der Waals surface area (Å²) in [6.45, 7) is 4.31. The summed E-state index contributed by atoms with van der Waals surface area (Å²) in [5, 5.41) is 4.93. The molecule has 0 N–H and O–H groups in total. The zero-order valence-electron chi connectivity index (χ0n) is 25.8. The molecule has 0 aliphatic heterocycles. The Morgan fingerprint density at radius 1 is 0.326 bits per heavy atom. The fraction of sp³-hybridized carbons (Fsp3) is 0.0465. The highest BCUT2D eigenvalue weighted by molar-refractivity contribution is 6.14. The molecule has 7 aromatic carbocycles. The monoisotopic (exact) mass is 589 g/mol. The van der Waals surface area contributed by atoms with Crippen molar-refractivity contribution in [1.29, 1.82) is 0 Å². The second-order valence-corrected chi connectivity index (χ2v) is 11.9. The van der Waals surface area contributed by atoms with Gasteiger partial charge in [-0.15, -0.1) is 0 Å². The maximum Gasteiger partial charge on any atom is 0.164 e. The second-order valence-electron chi connectivity index (χ2n) is 11.9. The number of benzene rings is 7. The van der Waals surface area contributed by atoms with Gasteiger partial charge in [-0.3, -0.25) is 0 Å². The summed E-state index contributed by atoms with van der Waals surface area (Å²) in [5.41, 5.74) is 9.92. The van der Waals surface area contributed by atoms with E-state index in [1.165, 1.54) is 43.8 Å². The van der Waals surface area contributed by atoms with Crippen molar-refractivity contribution in [3.05, 3.63) is 163 Å². The molecule has 8 rings (SSSR count). The summed E-state index contributed by atoms with van der Waals surface area (Å²) >= 11 is 0. The Morgan fingerprint density at radius 2 is 0.783 bits per heavy atom. The summed E-state index contributed by atoms with van der Waals surface area (Å²) < 4.78 is 0. The predicted octanol–water partition coefficient (Wildman–Crippen LogP) is 11.1. The molecule has 0 unspecified atom stereocenters. The van der Waals surface area contributed by atoms with Crippen LogP contribution in [0.1, 0.15) is 11.1 Å². The second kappa shape index (κ2) is 11.5. The molecule has 218 valence electrons. The quantitative estimate of drug-likeness (QED) is 0.187. The van der Waals surface area contributed by atoms with Crippen LogP contribution in [0.2, 0.25) is 0 Å². The molecule has 1 heterocycles. The summed E-state index contributed by atoms with van der Waals surface area (Å²) in [6.07, 6.45) is 0. The smallest absolute Gasteiger partial charge is 0.164 e. The normalized spacial score (nSPS) is 11.3. The van der Waals surface area contributed by atoms with Crippen LogP contribution < -0.4 is 0 Å². The molecular weight excluding hydrogens is 558 g/mol. The van der Waals surface area contributed by atoms with Crippen LogP contribution in [-0.2, 0) is 0 Å². The van der Waals surface area contributed by atoms with Crippen molar-refractivity contribution in [1.82, 2.24) is 15.0 Å². The lowest BCUT2D eigenvalue weighted by atomic mass is 9.90. The highest BCUT2D eigenvalue weighted by atomic mass is 15.0. The van der Waals surface area contributed by atoms with E-state index >= 15 is 0 Å². The largest absolute Gasteiger partial charge is 0.208 e. The number of nitrogens with zero attached hydrogens (tertiary/aromatic N) is 3. The topological polar surface area (TPSA) is 38.7 Å². The molecule has 0 radical (unpaired) electrons. The van der Waals surface area contributed by atoms with Crippen LogP contribution in [0, 0.1) is 13.8 Å². The molecule has 8 aromatic rings. The zero-order valence-corrected chi connectivity index (χ0v) is 25.8. The number of hydrogen-bond acceptors (Lipinski definition) is 3. The van der Waals surface area contributed by atoms with E-state index in [1.807, 2.05) is 60.7 Å². The minimum absolute atomic E-state index is 0.644. The van der Waals surface area contributed by atoms with Gasteiger partial charge in [-0.05, 0) is 81.9 Å². The number of hydrogen-bond donors (Lipinski definition) is 0. The lowest BCUT2D eigenvalue weighted by Gasteiger charge is -2.15. The summed E-state index contributed by atoms with van der Waals surface area (Å²) in [5.74, 6) is 1.95. The first-order chi connectivity index (χ1) is 22.6. The van der Waals surface area contributed by atoms with Gasteiger partial charge in [0, 0.05) is 16.7 Å². The average Bonchev–Trinajstić information content (AvgIpc) is 3.11. The molecule has 0 saturated heterocycles. The Balaban J connectivity index is 1.42. The first-order valence-electron chi connectivity index (χ1n) is 15.6. The Kier molecular flexibility index (Phi) is 6.92. The van der Waals surface area contributed by atoms with E-state index in [0.29, 0.717) is 17.5 Å². The van der Waals surface area contributed by atoms with Gasteiger partial charge in [-0.25, -0.2) is 15.0 Å². The molecule has 46 heavy (non-hydrogen) atoms.